The van der Waals surface area contributed by atoms with E-state index < -0.39 is 11.4 Å². The molecule has 1 fully saturated rings. The Morgan fingerprint density at radius 1 is 1.29 bits per heavy atom. The van der Waals surface area contributed by atoms with E-state index in [1.807, 2.05) is 16.3 Å². The molecule has 0 saturated carbocycles. The van der Waals surface area contributed by atoms with Crippen molar-refractivity contribution in [2.24, 2.45) is 0 Å². The third kappa shape index (κ3) is 2.53. The van der Waals surface area contributed by atoms with Crippen LogP contribution in [0.25, 0.3) is 10.9 Å². The van der Waals surface area contributed by atoms with E-state index in [-0.39, 0.29) is 11.9 Å². The topological polar surface area (TPSA) is 53.2 Å². The number of likely N-dealkylation sites (tertiary alicyclic amines) is 1. The van der Waals surface area contributed by atoms with Gasteiger partial charge in [-0.3, -0.25) is 9.59 Å². The SMILES string of the molecule is O=C(c1cc(=O)[nH]c2cc(F)ccc12)N1CCCC1c1ccsc1. The van der Waals surface area contributed by atoms with Crippen molar-refractivity contribution in [3.05, 3.63) is 68.4 Å². The van der Waals surface area contributed by atoms with Crippen molar-refractivity contribution < 1.29 is 9.18 Å². The Balaban J connectivity index is 1.79. The number of hydrogen-bond acceptors (Lipinski definition) is 3. The number of hydrogen-bond donors (Lipinski definition) is 1. The lowest BCUT2D eigenvalue weighted by Crippen LogP contribution is -2.31. The number of carbonyl (C=O) groups excluding carboxylic acids is 1. The molecule has 6 heteroatoms. The number of carbonyl (C=O) groups is 1. The zero-order valence-corrected chi connectivity index (χ0v) is 13.6. The molecule has 1 unspecified atom stereocenters. The lowest BCUT2D eigenvalue weighted by molar-refractivity contribution is 0.0737. The number of halogens is 1. The minimum atomic E-state index is -0.444. The van der Waals surface area contributed by atoms with Crippen LogP contribution in [0.2, 0.25) is 0 Å². The maximum atomic E-state index is 13.4. The molecule has 0 bridgehead atoms. The molecule has 1 saturated heterocycles. The van der Waals surface area contributed by atoms with Gasteiger partial charge < -0.3 is 9.88 Å². The van der Waals surface area contributed by atoms with Gasteiger partial charge in [0, 0.05) is 18.0 Å². The fourth-order valence-electron chi connectivity index (χ4n) is 3.39. The molecule has 3 heterocycles. The monoisotopic (exact) mass is 342 g/mol. The molecular formula is C18H15FN2O2S. The lowest BCUT2D eigenvalue weighted by Gasteiger charge is -2.24. The maximum Gasteiger partial charge on any atom is 0.255 e. The van der Waals surface area contributed by atoms with Gasteiger partial charge in [0.05, 0.1) is 17.1 Å². The second-order valence-electron chi connectivity index (χ2n) is 5.95. The molecule has 24 heavy (non-hydrogen) atoms. The largest absolute Gasteiger partial charge is 0.332 e. The van der Waals surface area contributed by atoms with E-state index in [0.717, 1.165) is 18.4 Å². The van der Waals surface area contributed by atoms with Crippen molar-refractivity contribution in [3.63, 3.8) is 0 Å². The first-order chi connectivity index (χ1) is 11.6. The predicted octanol–water partition coefficient (Wildman–Crippen LogP) is 3.71. The zero-order valence-electron chi connectivity index (χ0n) is 12.8. The average Bonchev–Trinajstić information content (AvgIpc) is 3.23. The second-order valence-corrected chi connectivity index (χ2v) is 6.73. The highest BCUT2D eigenvalue weighted by Gasteiger charge is 2.31. The van der Waals surface area contributed by atoms with Crippen molar-refractivity contribution in [2.75, 3.05) is 6.54 Å². The Labute approximate surface area is 141 Å². The molecule has 0 spiro atoms. The highest BCUT2D eigenvalue weighted by Crippen LogP contribution is 2.34. The van der Waals surface area contributed by atoms with Gasteiger partial charge in [-0.25, -0.2) is 4.39 Å². The van der Waals surface area contributed by atoms with Crippen LogP contribution in [0, 0.1) is 5.82 Å². The van der Waals surface area contributed by atoms with Gasteiger partial charge in [-0.1, -0.05) is 0 Å². The van der Waals surface area contributed by atoms with Crippen molar-refractivity contribution in [2.45, 2.75) is 18.9 Å². The number of H-pyrrole nitrogens is 1. The van der Waals surface area contributed by atoms with Crippen molar-refractivity contribution in [1.82, 2.24) is 9.88 Å². The Morgan fingerprint density at radius 2 is 2.17 bits per heavy atom. The van der Waals surface area contributed by atoms with E-state index in [2.05, 4.69) is 10.4 Å². The standard InChI is InChI=1S/C18H15FN2O2S/c19-12-3-4-13-14(9-17(22)20-15(13)8-12)18(23)21-6-1-2-16(21)11-5-7-24-10-11/h3-5,7-10,16H,1-2,6H2,(H,20,22). The number of rotatable bonds is 2. The van der Waals surface area contributed by atoms with Gasteiger partial charge in [0.1, 0.15) is 5.82 Å². The van der Waals surface area contributed by atoms with E-state index in [9.17, 15) is 14.0 Å². The van der Waals surface area contributed by atoms with Crippen LogP contribution in [-0.2, 0) is 0 Å². The maximum absolute atomic E-state index is 13.4. The Hall–Kier alpha value is -2.47. The summed E-state index contributed by atoms with van der Waals surface area (Å²) in [4.78, 5) is 29.4. The van der Waals surface area contributed by atoms with Crippen LogP contribution < -0.4 is 5.56 Å². The summed E-state index contributed by atoms with van der Waals surface area (Å²) in [6, 6.07) is 7.48. The number of nitrogens with zero attached hydrogens (tertiary/aromatic N) is 1. The van der Waals surface area contributed by atoms with Gasteiger partial charge in [-0.2, -0.15) is 11.3 Å². The minimum Gasteiger partial charge on any atom is -0.332 e. The van der Waals surface area contributed by atoms with Crippen molar-refractivity contribution >= 4 is 28.1 Å². The molecule has 1 aromatic carbocycles. The number of thiophene rings is 1. The number of nitrogens with one attached hydrogen (secondary N) is 1. The smallest absolute Gasteiger partial charge is 0.255 e. The second kappa shape index (κ2) is 5.87. The highest BCUT2D eigenvalue weighted by molar-refractivity contribution is 7.08. The number of fused-ring (bicyclic) bond motifs is 1. The molecule has 4 nitrogen and oxygen atoms in total. The molecule has 4 rings (SSSR count). The van der Waals surface area contributed by atoms with Gasteiger partial charge in [-0.15, -0.1) is 0 Å². The highest BCUT2D eigenvalue weighted by atomic mass is 32.1. The fraction of sp³-hybridized carbons (Fsp3) is 0.222. The van der Waals surface area contributed by atoms with Crippen LogP contribution in [0.1, 0.15) is 34.8 Å². The van der Waals surface area contributed by atoms with Crippen LogP contribution in [0.4, 0.5) is 4.39 Å². The Morgan fingerprint density at radius 3 is 2.96 bits per heavy atom. The molecule has 1 amide bonds. The van der Waals surface area contributed by atoms with Crippen LogP contribution >= 0.6 is 11.3 Å². The normalized spacial score (nSPS) is 17.5. The Kier molecular flexibility index (Phi) is 3.69. The molecule has 1 aliphatic rings. The molecule has 1 N–H and O–H groups in total. The van der Waals surface area contributed by atoms with Gasteiger partial charge in [0.2, 0.25) is 5.56 Å². The van der Waals surface area contributed by atoms with E-state index in [0.29, 0.717) is 23.0 Å². The summed E-state index contributed by atoms with van der Waals surface area (Å²) in [5.41, 5.74) is 1.40. The van der Waals surface area contributed by atoms with Gasteiger partial charge in [-0.05, 0) is 53.4 Å². The van der Waals surface area contributed by atoms with Crippen LogP contribution in [0.15, 0.2) is 45.9 Å². The van der Waals surface area contributed by atoms with Crippen LogP contribution in [0.5, 0.6) is 0 Å². The third-order valence-electron chi connectivity index (χ3n) is 4.48. The van der Waals surface area contributed by atoms with Gasteiger partial charge >= 0.3 is 0 Å². The van der Waals surface area contributed by atoms with E-state index in [1.54, 1.807) is 17.4 Å². The molecule has 122 valence electrons. The Bertz CT molecular complexity index is 965. The summed E-state index contributed by atoms with van der Waals surface area (Å²) in [6.45, 7) is 0.662. The molecule has 0 aliphatic carbocycles. The van der Waals surface area contributed by atoms with E-state index >= 15 is 0 Å². The van der Waals surface area contributed by atoms with E-state index in [1.165, 1.54) is 18.2 Å². The molecule has 0 radical (unpaired) electrons. The first-order valence-corrected chi connectivity index (χ1v) is 8.73. The number of aromatic nitrogens is 1. The van der Waals surface area contributed by atoms with Crippen molar-refractivity contribution in [3.8, 4) is 0 Å². The lowest BCUT2D eigenvalue weighted by atomic mass is 10.1. The summed E-state index contributed by atoms with van der Waals surface area (Å²) in [6.07, 6.45) is 1.85. The number of amides is 1. The third-order valence-corrected chi connectivity index (χ3v) is 5.18. The van der Waals surface area contributed by atoms with Gasteiger partial charge in [0.25, 0.3) is 5.91 Å². The molecule has 2 aromatic heterocycles. The minimum absolute atomic E-state index is 0.0403. The summed E-state index contributed by atoms with van der Waals surface area (Å²) < 4.78 is 13.4. The summed E-state index contributed by atoms with van der Waals surface area (Å²) in [5.74, 6) is -0.619. The van der Waals surface area contributed by atoms with E-state index in [4.69, 9.17) is 0 Å². The number of pyridine rings is 1. The summed E-state index contributed by atoms with van der Waals surface area (Å²) >= 11 is 1.61. The summed E-state index contributed by atoms with van der Waals surface area (Å²) in [5, 5.41) is 4.63. The molecule has 1 aliphatic heterocycles. The molecule has 3 aromatic rings. The zero-order chi connectivity index (χ0) is 16.7. The quantitative estimate of drug-likeness (QED) is 0.772. The number of aromatic amines is 1. The average molecular weight is 342 g/mol. The van der Waals surface area contributed by atoms with Gasteiger partial charge in [0.15, 0.2) is 0 Å². The summed E-state index contributed by atoms with van der Waals surface area (Å²) in [7, 11) is 0. The fourth-order valence-corrected chi connectivity index (χ4v) is 4.09. The first kappa shape index (κ1) is 15.1. The molecular weight excluding hydrogens is 327 g/mol. The molecule has 1 atom stereocenters. The predicted molar refractivity (Wildman–Crippen MR) is 91.9 cm³/mol. The van der Waals surface area contributed by atoms with Crippen LogP contribution in [0.3, 0.4) is 0 Å². The van der Waals surface area contributed by atoms with Crippen molar-refractivity contribution in [1.29, 1.82) is 0 Å². The number of benzene rings is 1. The first-order valence-electron chi connectivity index (χ1n) is 7.79. The van der Waals surface area contributed by atoms with Crippen LogP contribution in [-0.4, -0.2) is 22.3 Å².